The average Bonchev–Trinajstić information content (AvgIpc) is 3.66. The maximum atomic E-state index is 13.7. The second-order valence-corrected chi connectivity index (χ2v) is 9.23. The molecule has 35 heavy (non-hydrogen) atoms. The summed E-state index contributed by atoms with van der Waals surface area (Å²) in [7, 11) is 3.62. The minimum absolute atomic E-state index is 0.0693. The molecule has 4 rings (SSSR count). The first-order valence-electron chi connectivity index (χ1n) is 11.2. The lowest BCUT2D eigenvalue weighted by atomic mass is 10.1. The molecule has 1 aliphatic rings. The van der Waals surface area contributed by atoms with Crippen LogP contribution in [0.2, 0.25) is 5.02 Å². The number of carbonyl (C=O) groups is 1. The van der Waals surface area contributed by atoms with E-state index < -0.39 is 5.56 Å². The van der Waals surface area contributed by atoms with Crippen molar-refractivity contribution in [2.24, 2.45) is 0 Å². The van der Waals surface area contributed by atoms with E-state index in [4.69, 9.17) is 16.3 Å². The van der Waals surface area contributed by atoms with Gasteiger partial charge in [-0.3, -0.25) is 24.1 Å². The molecule has 0 saturated heterocycles. The van der Waals surface area contributed by atoms with Crippen LogP contribution in [0.4, 0.5) is 4.39 Å². The zero-order chi connectivity index (χ0) is 25.3. The quantitative estimate of drug-likeness (QED) is 0.331. The highest BCUT2D eigenvalue weighted by molar-refractivity contribution is 6.31. The Morgan fingerprint density at radius 3 is 2.66 bits per heavy atom. The molecule has 0 radical (unpaired) electrons. The van der Waals surface area contributed by atoms with Gasteiger partial charge in [-0.15, -0.1) is 0 Å². The summed E-state index contributed by atoms with van der Waals surface area (Å²) in [6.45, 7) is 3.62. The normalized spacial score (nSPS) is 13.3. The summed E-state index contributed by atoms with van der Waals surface area (Å²) < 4.78 is 21.0. The lowest BCUT2D eigenvalue weighted by Crippen LogP contribution is -2.23. The third-order valence-electron chi connectivity index (χ3n) is 5.74. The van der Waals surface area contributed by atoms with Crippen molar-refractivity contribution in [3.05, 3.63) is 92.3 Å². The molecule has 3 aromatic heterocycles. The lowest BCUT2D eigenvalue weighted by Gasteiger charge is -2.17. The highest BCUT2D eigenvalue weighted by Gasteiger charge is 2.27. The predicted molar refractivity (Wildman–Crippen MR) is 132 cm³/mol. The van der Waals surface area contributed by atoms with Crippen LogP contribution in [0.25, 0.3) is 5.69 Å². The molecule has 0 aromatic carbocycles. The molecule has 0 spiro atoms. The Morgan fingerprint density at radius 2 is 1.97 bits per heavy atom. The molecular formula is C26H26ClFN4O3. The van der Waals surface area contributed by atoms with Crippen molar-refractivity contribution < 1.29 is 13.9 Å². The van der Waals surface area contributed by atoms with Gasteiger partial charge < -0.3 is 9.64 Å². The molecule has 3 heterocycles. The van der Waals surface area contributed by atoms with Gasteiger partial charge in [0.15, 0.2) is 0 Å². The second kappa shape index (κ2) is 10.00. The highest BCUT2D eigenvalue weighted by atomic mass is 35.5. The summed E-state index contributed by atoms with van der Waals surface area (Å²) in [5.74, 6) is -0.152. The van der Waals surface area contributed by atoms with Gasteiger partial charge in [0.05, 0.1) is 17.6 Å². The number of aromatic nitrogens is 3. The number of allylic oxidation sites excluding steroid dienone is 1. The zero-order valence-electron chi connectivity index (χ0n) is 20.0. The van der Waals surface area contributed by atoms with E-state index in [1.165, 1.54) is 16.7 Å². The van der Waals surface area contributed by atoms with E-state index in [9.17, 15) is 14.0 Å². The Morgan fingerprint density at radius 1 is 1.23 bits per heavy atom. The number of hydrogen-bond acceptors (Lipinski definition) is 6. The van der Waals surface area contributed by atoms with Crippen LogP contribution in [-0.2, 0) is 6.61 Å². The van der Waals surface area contributed by atoms with Crippen molar-refractivity contribution in [3.63, 3.8) is 0 Å². The molecule has 0 N–H and O–H groups in total. The number of hydrogen-bond donors (Lipinski definition) is 0. The van der Waals surface area contributed by atoms with Crippen LogP contribution >= 0.6 is 11.6 Å². The molecule has 182 valence electrons. The van der Waals surface area contributed by atoms with E-state index in [2.05, 4.69) is 9.97 Å². The van der Waals surface area contributed by atoms with Crippen LogP contribution in [0.5, 0.6) is 5.75 Å². The fourth-order valence-electron chi connectivity index (χ4n) is 3.77. The van der Waals surface area contributed by atoms with E-state index >= 15 is 0 Å². The first-order chi connectivity index (χ1) is 16.7. The van der Waals surface area contributed by atoms with E-state index in [-0.39, 0.29) is 34.7 Å². The van der Waals surface area contributed by atoms with Gasteiger partial charge in [-0.25, -0.2) is 4.39 Å². The number of nitrogens with zero attached hydrogens (tertiary/aromatic N) is 4. The topological polar surface area (TPSA) is 77.3 Å². The van der Waals surface area contributed by atoms with Crippen LogP contribution in [0.3, 0.4) is 0 Å². The Bertz CT molecular complexity index is 1380. The molecule has 1 saturated carbocycles. The van der Waals surface area contributed by atoms with Gasteiger partial charge in [0.1, 0.15) is 28.9 Å². The third kappa shape index (κ3) is 5.43. The van der Waals surface area contributed by atoms with E-state index in [0.29, 0.717) is 28.6 Å². The van der Waals surface area contributed by atoms with Crippen LogP contribution < -0.4 is 10.3 Å². The maximum Gasteiger partial charge on any atom is 0.277 e. The van der Waals surface area contributed by atoms with Gasteiger partial charge in [0, 0.05) is 44.3 Å². The van der Waals surface area contributed by atoms with E-state index in [1.807, 2.05) is 14.1 Å². The summed E-state index contributed by atoms with van der Waals surface area (Å²) in [6, 6.07) is 4.73. The summed E-state index contributed by atoms with van der Waals surface area (Å²) in [5, 5.41) is -0.0951. The Balaban J connectivity index is 1.65. The Hall–Kier alpha value is -3.52. The molecular weight excluding hydrogens is 471 g/mol. The molecule has 0 bridgehead atoms. The summed E-state index contributed by atoms with van der Waals surface area (Å²) >= 11 is 6.43. The first kappa shape index (κ1) is 24.6. The molecule has 0 amide bonds. The van der Waals surface area contributed by atoms with Gasteiger partial charge in [-0.2, -0.15) is 0 Å². The predicted octanol–water partition coefficient (Wildman–Crippen LogP) is 4.75. The summed E-state index contributed by atoms with van der Waals surface area (Å²) in [5.41, 5.74) is 2.98. The van der Waals surface area contributed by atoms with E-state index in [0.717, 1.165) is 24.6 Å². The first-order valence-corrected chi connectivity index (χ1v) is 11.6. The number of aryl methyl sites for hydroxylation is 2. The highest BCUT2D eigenvalue weighted by Crippen LogP contribution is 2.41. The SMILES string of the molecule is Cc1cnc(C(=O)/C=C/N(C)C)cc1-n1c(C)cc(OCc2ncc(F)cc2C2CC2)c(Cl)c1=O. The summed E-state index contributed by atoms with van der Waals surface area (Å²) in [6.07, 6.45) is 7.75. The smallest absolute Gasteiger partial charge is 0.277 e. The number of ether oxygens (including phenoxy) is 1. The molecule has 1 aliphatic carbocycles. The number of pyridine rings is 3. The van der Waals surface area contributed by atoms with E-state index in [1.54, 1.807) is 43.3 Å². The van der Waals surface area contributed by atoms with Crippen molar-refractivity contribution in [1.29, 1.82) is 0 Å². The Kier molecular flexibility index (Phi) is 7.03. The minimum Gasteiger partial charge on any atom is -0.485 e. The van der Waals surface area contributed by atoms with Crippen molar-refractivity contribution in [3.8, 4) is 11.4 Å². The molecule has 0 aliphatic heterocycles. The number of halogens is 2. The maximum absolute atomic E-state index is 13.7. The fraction of sp³-hybridized carbons (Fsp3) is 0.308. The van der Waals surface area contributed by atoms with Gasteiger partial charge in [-0.05, 0) is 55.9 Å². The summed E-state index contributed by atoms with van der Waals surface area (Å²) in [4.78, 5) is 35.9. The fourth-order valence-corrected chi connectivity index (χ4v) is 3.97. The largest absolute Gasteiger partial charge is 0.485 e. The van der Waals surface area contributed by atoms with Gasteiger partial charge >= 0.3 is 0 Å². The standard InChI is InChI=1S/C26H26ClFN4O3/c1-15-12-29-20(23(33)7-8-31(3)4)11-22(15)32-16(2)9-24(25(27)26(32)34)35-14-21-19(17-5-6-17)10-18(28)13-30-21/h7-13,17H,5-6,14H2,1-4H3/b8-7+. The van der Waals surface area contributed by atoms with Gasteiger partial charge in [-0.1, -0.05) is 11.6 Å². The molecule has 3 aromatic rings. The molecule has 7 nitrogen and oxygen atoms in total. The number of ketones is 1. The van der Waals surface area contributed by atoms with Crippen LogP contribution in [0.15, 0.2) is 47.7 Å². The number of rotatable bonds is 8. The van der Waals surface area contributed by atoms with Gasteiger partial charge in [0.2, 0.25) is 5.78 Å². The van der Waals surface area contributed by atoms with Crippen molar-refractivity contribution in [2.75, 3.05) is 14.1 Å². The number of carbonyl (C=O) groups excluding carboxylic acids is 1. The van der Waals surface area contributed by atoms with Crippen LogP contribution in [0.1, 0.15) is 51.8 Å². The van der Waals surface area contributed by atoms with Crippen molar-refractivity contribution in [2.45, 2.75) is 39.2 Å². The lowest BCUT2D eigenvalue weighted by molar-refractivity contribution is 0.104. The second-order valence-electron chi connectivity index (χ2n) is 8.86. The Labute approximate surface area is 207 Å². The monoisotopic (exact) mass is 496 g/mol. The minimum atomic E-state index is -0.479. The molecule has 1 fully saturated rings. The van der Waals surface area contributed by atoms with Crippen LogP contribution in [0, 0.1) is 19.7 Å². The molecule has 9 heteroatoms. The molecule has 0 atom stereocenters. The molecule has 0 unspecified atom stereocenters. The van der Waals surface area contributed by atoms with Crippen molar-refractivity contribution >= 4 is 17.4 Å². The average molecular weight is 497 g/mol. The van der Waals surface area contributed by atoms with Crippen molar-refractivity contribution in [1.82, 2.24) is 19.4 Å². The van der Waals surface area contributed by atoms with Crippen LogP contribution in [-0.4, -0.2) is 39.3 Å². The third-order valence-corrected chi connectivity index (χ3v) is 6.09. The van der Waals surface area contributed by atoms with Gasteiger partial charge in [0.25, 0.3) is 5.56 Å². The zero-order valence-corrected chi connectivity index (χ0v) is 20.8.